The number of hydrogen-bond donors (Lipinski definition) is 2. The predicted octanol–water partition coefficient (Wildman–Crippen LogP) is 3.60. The first-order valence-electron chi connectivity index (χ1n) is 4.81. The zero-order valence-corrected chi connectivity index (χ0v) is 11.2. The molecule has 1 N–H and O–H groups in total. The van der Waals surface area contributed by atoms with E-state index in [4.69, 9.17) is 12.2 Å². The first kappa shape index (κ1) is 12.5. The van der Waals surface area contributed by atoms with Gasteiger partial charge in [-0.25, -0.2) is 0 Å². The van der Waals surface area contributed by atoms with Gasteiger partial charge in [-0.05, 0) is 24.0 Å². The maximum absolute atomic E-state index is 10.1. The van der Waals surface area contributed by atoms with Gasteiger partial charge >= 0.3 is 0 Å². The molecule has 0 heterocycles. The molecule has 0 atom stereocenters. The maximum atomic E-state index is 10.1. The van der Waals surface area contributed by atoms with Crippen molar-refractivity contribution in [2.75, 3.05) is 0 Å². The number of hydrogen-bond acceptors (Lipinski definition) is 2. The van der Waals surface area contributed by atoms with E-state index in [2.05, 4.69) is 33.4 Å². The summed E-state index contributed by atoms with van der Waals surface area (Å²) in [7, 11) is 0. The van der Waals surface area contributed by atoms with Gasteiger partial charge in [0.1, 0.15) is 5.75 Å². The minimum Gasteiger partial charge on any atom is -0.507 e. The molecular formula is C12H16OS2. The van der Waals surface area contributed by atoms with Crippen LogP contribution >= 0.6 is 24.8 Å². The van der Waals surface area contributed by atoms with Crippen LogP contribution in [0, 0.1) is 6.92 Å². The molecule has 0 spiro atoms. The molecule has 15 heavy (non-hydrogen) atoms. The van der Waals surface area contributed by atoms with Gasteiger partial charge < -0.3 is 5.11 Å². The Labute approximate surface area is 102 Å². The summed E-state index contributed by atoms with van der Waals surface area (Å²) in [4.78, 5) is 0. The molecule has 0 saturated carbocycles. The van der Waals surface area contributed by atoms with Gasteiger partial charge in [0.2, 0.25) is 0 Å². The van der Waals surface area contributed by atoms with Crippen molar-refractivity contribution in [2.45, 2.75) is 33.1 Å². The lowest BCUT2D eigenvalue weighted by Gasteiger charge is -2.22. The maximum Gasteiger partial charge on any atom is 0.128 e. The number of rotatable bonds is 1. The van der Waals surface area contributed by atoms with Crippen molar-refractivity contribution in [1.82, 2.24) is 0 Å². The summed E-state index contributed by atoms with van der Waals surface area (Å²) in [5.41, 5.74) is 2.56. The Morgan fingerprint density at radius 1 is 1.33 bits per heavy atom. The molecule has 3 heteroatoms. The van der Waals surface area contributed by atoms with E-state index in [9.17, 15) is 5.11 Å². The molecule has 0 aromatic heterocycles. The Morgan fingerprint density at radius 2 is 1.87 bits per heavy atom. The van der Waals surface area contributed by atoms with Crippen molar-refractivity contribution in [3.8, 4) is 5.75 Å². The molecule has 1 aromatic carbocycles. The third kappa shape index (κ3) is 2.73. The van der Waals surface area contributed by atoms with Crippen molar-refractivity contribution < 1.29 is 5.11 Å². The van der Waals surface area contributed by atoms with Gasteiger partial charge in [0.15, 0.2) is 0 Å². The molecule has 0 unspecified atom stereocenters. The molecule has 0 bridgehead atoms. The molecule has 0 radical (unpaired) electrons. The summed E-state index contributed by atoms with van der Waals surface area (Å²) in [5.74, 6) is 0.258. The normalized spacial score (nSPS) is 11.5. The second-order valence-electron chi connectivity index (χ2n) is 4.76. The molecule has 0 amide bonds. The first-order chi connectivity index (χ1) is 6.73. The van der Waals surface area contributed by atoms with Crippen LogP contribution in [0.1, 0.15) is 37.5 Å². The highest BCUT2D eigenvalue weighted by atomic mass is 32.1. The Balaban J connectivity index is 3.49. The molecule has 0 aliphatic rings. The van der Waals surface area contributed by atoms with Crippen LogP contribution in [-0.2, 0) is 5.41 Å². The van der Waals surface area contributed by atoms with Crippen LogP contribution in [0.3, 0.4) is 0 Å². The molecular weight excluding hydrogens is 224 g/mol. The molecule has 0 aliphatic carbocycles. The highest BCUT2D eigenvalue weighted by Gasteiger charge is 2.21. The SMILES string of the molecule is Cc1cc(C(=S)S)c(O)c(C(C)(C)C)c1. The fourth-order valence-electron chi connectivity index (χ4n) is 1.51. The number of thiocarbonyl (C=S) groups is 1. The molecule has 1 nitrogen and oxygen atoms in total. The van der Waals surface area contributed by atoms with Gasteiger partial charge in [0.25, 0.3) is 0 Å². The van der Waals surface area contributed by atoms with Crippen molar-refractivity contribution in [3.63, 3.8) is 0 Å². The van der Waals surface area contributed by atoms with E-state index in [0.717, 1.165) is 11.1 Å². The monoisotopic (exact) mass is 240 g/mol. The average molecular weight is 240 g/mol. The van der Waals surface area contributed by atoms with Gasteiger partial charge in [-0.2, -0.15) is 0 Å². The van der Waals surface area contributed by atoms with Crippen LogP contribution in [0.2, 0.25) is 0 Å². The minimum absolute atomic E-state index is 0.0938. The van der Waals surface area contributed by atoms with Crippen molar-refractivity contribution in [1.29, 1.82) is 0 Å². The largest absolute Gasteiger partial charge is 0.507 e. The Bertz CT molecular complexity index is 403. The zero-order chi connectivity index (χ0) is 11.8. The lowest BCUT2D eigenvalue weighted by molar-refractivity contribution is 0.445. The summed E-state index contributed by atoms with van der Waals surface area (Å²) in [5, 5.41) is 10.1. The fraction of sp³-hybridized carbons (Fsp3) is 0.417. The summed E-state index contributed by atoms with van der Waals surface area (Å²) in [6.45, 7) is 8.18. The standard InChI is InChI=1S/C12H16OS2/c1-7-5-8(11(14)15)10(13)9(6-7)12(2,3)4/h5-6,13H,1-4H3,(H,14,15). The van der Waals surface area contributed by atoms with Gasteiger partial charge in [0.05, 0.1) is 4.20 Å². The van der Waals surface area contributed by atoms with Gasteiger partial charge in [-0.3, -0.25) is 0 Å². The third-order valence-corrected chi connectivity index (χ3v) is 2.75. The third-order valence-electron chi connectivity index (χ3n) is 2.29. The number of aromatic hydroxyl groups is 1. The quantitative estimate of drug-likeness (QED) is 0.578. The van der Waals surface area contributed by atoms with Crippen LogP contribution in [0.5, 0.6) is 5.75 Å². The minimum atomic E-state index is -0.0938. The van der Waals surface area contributed by atoms with Gasteiger partial charge in [0, 0.05) is 11.1 Å². The Morgan fingerprint density at radius 3 is 2.27 bits per heavy atom. The van der Waals surface area contributed by atoms with E-state index < -0.39 is 0 Å². The van der Waals surface area contributed by atoms with Gasteiger partial charge in [-0.1, -0.05) is 39.1 Å². The molecule has 1 rings (SSSR count). The average Bonchev–Trinajstić information content (AvgIpc) is 2.06. The number of thiol groups is 1. The van der Waals surface area contributed by atoms with E-state index in [1.165, 1.54) is 0 Å². The van der Waals surface area contributed by atoms with Gasteiger partial charge in [-0.15, -0.1) is 12.6 Å². The number of aryl methyl sites for hydroxylation is 1. The van der Waals surface area contributed by atoms with Crippen molar-refractivity contribution in [3.05, 3.63) is 28.8 Å². The van der Waals surface area contributed by atoms with Crippen LogP contribution in [-0.4, -0.2) is 9.30 Å². The predicted molar refractivity (Wildman–Crippen MR) is 72.2 cm³/mol. The van der Waals surface area contributed by atoms with E-state index in [1.54, 1.807) is 0 Å². The Hall–Kier alpha value is -0.540. The van der Waals surface area contributed by atoms with Crippen LogP contribution in [0.25, 0.3) is 0 Å². The summed E-state index contributed by atoms with van der Waals surface area (Å²) >= 11 is 9.11. The second kappa shape index (κ2) is 4.14. The summed E-state index contributed by atoms with van der Waals surface area (Å²) < 4.78 is 0.432. The molecule has 0 fully saturated rings. The van der Waals surface area contributed by atoms with E-state index in [1.807, 2.05) is 19.1 Å². The lowest BCUT2D eigenvalue weighted by Crippen LogP contribution is -2.13. The van der Waals surface area contributed by atoms with E-state index >= 15 is 0 Å². The van der Waals surface area contributed by atoms with Crippen LogP contribution < -0.4 is 0 Å². The number of benzene rings is 1. The fourth-order valence-corrected chi connectivity index (χ4v) is 1.84. The number of phenolic OH excluding ortho intramolecular Hbond substituents is 1. The molecule has 0 aliphatic heterocycles. The first-order valence-corrected chi connectivity index (χ1v) is 5.66. The highest BCUT2D eigenvalue weighted by molar-refractivity contribution is 8.11. The molecule has 1 aromatic rings. The van der Waals surface area contributed by atoms with Crippen LogP contribution in [0.4, 0.5) is 0 Å². The van der Waals surface area contributed by atoms with E-state index in [0.29, 0.717) is 9.76 Å². The van der Waals surface area contributed by atoms with E-state index in [-0.39, 0.29) is 11.2 Å². The number of phenols is 1. The van der Waals surface area contributed by atoms with Crippen LogP contribution in [0.15, 0.2) is 12.1 Å². The smallest absolute Gasteiger partial charge is 0.128 e. The Kier molecular flexibility index (Phi) is 3.46. The highest BCUT2D eigenvalue weighted by Crippen LogP contribution is 2.35. The summed E-state index contributed by atoms with van der Waals surface area (Å²) in [6, 6.07) is 3.85. The topological polar surface area (TPSA) is 20.2 Å². The second-order valence-corrected chi connectivity index (χ2v) is 5.92. The zero-order valence-electron chi connectivity index (χ0n) is 9.46. The summed E-state index contributed by atoms with van der Waals surface area (Å²) in [6.07, 6.45) is 0. The van der Waals surface area contributed by atoms with Crippen molar-refractivity contribution in [2.24, 2.45) is 0 Å². The van der Waals surface area contributed by atoms with Crippen molar-refractivity contribution >= 4 is 29.0 Å². The molecule has 82 valence electrons. The molecule has 0 saturated heterocycles. The lowest BCUT2D eigenvalue weighted by atomic mass is 9.84.